The summed E-state index contributed by atoms with van der Waals surface area (Å²) in [7, 11) is 0. The van der Waals surface area contributed by atoms with Gasteiger partial charge < -0.3 is 0 Å². The zero-order chi connectivity index (χ0) is 21.1. The van der Waals surface area contributed by atoms with Gasteiger partial charge in [-0.1, -0.05) is 78.9 Å². The minimum absolute atomic E-state index is 0.418. The van der Waals surface area contributed by atoms with E-state index in [-0.39, 0.29) is 0 Å². The van der Waals surface area contributed by atoms with E-state index >= 15 is 0 Å². The SMILES string of the molecule is c1ccc2nc3cccc(C4CCCc5c4ccc4c5ccc5ccccc54)c3cc2c1. The van der Waals surface area contributed by atoms with Gasteiger partial charge in [0.25, 0.3) is 0 Å². The van der Waals surface area contributed by atoms with Gasteiger partial charge in [-0.3, -0.25) is 0 Å². The predicted octanol–water partition coefficient (Wildman–Crippen LogP) is 8.16. The fourth-order valence-corrected chi connectivity index (χ4v) is 5.86. The maximum absolute atomic E-state index is 4.97. The third kappa shape index (κ3) is 2.61. The van der Waals surface area contributed by atoms with Crippen molar-refractivity contribution in [3.05, 3.63) is 114 Å². The number of rotatable bonds is 1. The molecule has 1 aliphatic carbocycles. The molecule has 0 spiro atoms. The van der Waals surface area contributed by atoms with Crippen molar-refractivity contribution in [2.45, 2.75) is 25.2 Å². The van der Waals surface area contributed by atoms with E-state index in [0.29, 0.717) is 5.92 Å². The largest absolute Gasteiger partial charge is 0.248 e. The third-order valence-corrected chi connectivity index (χ3v) is 7.34. The van der Waals surface area contributed by atoms with Crippen LogP contribution in [0.5, 0.6) is 0 Å². The van der Waals surface area contributed by atoms with Gasteiger partial charge in [0.2, 0.25) is 0 Å². The average molecular weight is 410 g/mol. The van der Waals surface area contributed by atoms with Crippen molar-refractivity contribution in [3.63, 3.8) is 0 Å². The Kier molecular flexibility index (Phi) is 3.86. The molecule has 0 N–H and O–H groups in total. The standard InChI is InChI=1S/C31H23N/c1-3-9-22-20(7-1)15-16-27-24-11-5-10-23(28(24)18-17-26(22)27)25-12-6-14-31-29(25)19-21-8-2-4-13-30(21)32-31/h1-4,6-9,12-19,23H,5,10-11H2. The fraction of sp³-hybridized carbons (Fsp3) is 0.129. The Morgan fingerprint density at radius 1 is 0.562 bits per heavy atom. The van der Waals surface area contributed by atoms with Crippen LogP contribution in [0.1, 0.15) is 35.4 Å². The first-order valence-corrected chi connectivity index (χ1v) is 11.6. The maximum atomic E-state index is 4.97. The first-order valence-electron chi connectivity index (χ1n) is 11.6. The summed E-state index contributed by atoms with van der Waals surface area (Å²) in [6, 6.07) is 35.6. The van der Waals surface area contributed by atoms with Crippen molar-refractivity contribution in [3.8, 4) is 0 Å². The molecule has 0 radical (unpaired) electrons. The van der Waals surface area contributed by atoms with Crippen molar-refractivity contribution in [1.29, 1.82) is 0 Å². The van der Waals surface area contributed by atoms with E-state index in [4.69, 9.17) is 4.98 Å². The number of pyridine rings is 1. The molecule has 0 fully saturated rings. The van der Waals surface area contributed by atoms with Crippen LogP contribution in [0.25, 0.3) is 43.4 Å². The van der Waals surface area contributed by atoms with E-state index in [1.54, 1.807) is 0 Å². The van der Waals surface area contributed by atoms with Crippen LogP contribution in [0.3, 0.4) is 0 Å². The van der Waals surface area contributed by atoms with Crippen molar-refractivity contribution >= 4 is 43.4 Å². The number of nitrogens with zero attached hydrogens (tertiary/aromatic N) is 1. The molecule has 1 atom stereocenters. The molecule has 0 saturated heterocycles. The number of para-hydroxylation sites is 1. The number of aryl methyl sites for hydroxylation is 1. The summed E-state index contributed by atoms with van der Waals surface area (Å²) in [5.41, 5.74) is 6.62. The molecule has 0 saturated carbocycles. The van der Waals surface area contributed by atoms with Crippen LogP contribution in [-0.2, 0) is 6.42 Å². The van der Waals surface area contributed by atoms with Crippen LogP contribution in [-0.4, -0.2) is 4.98 Å². The zero-order valence-corrected chi connectivity index (χ0v) is 17.9. The molecule has 32 heavy (non-hydrogen) atoms. The highest BCUT2D eigenvalue weighted by atomic mass is 14.7. The molecule has 152 valence electrons. The molecule has 5 aromatic carbocycles. The maximum Gasteiger partial charge on any atom is 0.0712 e. The molecule has 1 nitrogen and oxygen atoms in total. The summed E-state index contributed by atoms with van der Waals surface area (Å²) in [6.07, 6.45) is 3.58. The quantitative estimate of drug-likeness (QED) is 0.197. The molecule has 0 aliphatic heterocycles. The van der Waals surface area contributed by atoms with Crippen LogP contribution in [0.4, 0.5) is 0 Å². The van der Waals surface area contributed by atoms with Crippen molar-refractivity contribution in [1.82, 2.24) is 4.98 Å². The summed E-state index contributed by atoms with van der Waals surface area (Å²) in [5, 5.41) is 7.99. The molecular formula is C31H23N. The van der Waals surface area contributed by atoms with Gasteiger partial charge >= 0.3 is 0 Å². The van der Waals surface area contributed by atoms with Crippen LogP contribution in [0.2, 0.25) is 0 Å². The normalized spacial score (nSPS) is 16.1. The molecule has 1 unspecified atom stereocenters. The minimum Gasteiger partial charge on any atom is -0.248 e. The number of benzene rings is 5. The van der Waals surface area contributed by atoms with Gasteiger partial charge in [-0.25, -0.2) is 4.98 Å². The summed E-state index contributed by atoms with van der Waals surface area (Å²) in [4.78, 5) is 4.97. The molecule has 1 heteroatoms. The molecule has 1 aliphatic rings. The lowest BCUT2D eigenvalue weighted by Crippen LogP contribution is -2.12. The van der Waals surface area contributed by atoms with Crippen LogP contribution in [0, 0.1) is 0 Å². The lowest BCUT2D eigenvalue weighted by atomic mass is 9.76. The van der Waals surface area contributed by atoms with Crippen LogP contribution in [0.15, 0.2) is 97.1 Å². The molecule has 6 aromatic rings. The predicted molar refractivity (Wildman–Crippen MR) is 135 cm³/mol. The first-order chi connectivity index (χ1) is 15.9. The second-order valence-electron chi connectivity index (χ2n) is 9.05. The smallest absolute Gasteiger partial charge is 0.0712 e. The number of aromatic nitrogens is 1. The minimum atomic E-state index is 0.418. The van der Waals surface area contributed by atoms with Gasteiger partial charge in [0.15, 0.2) is 0 Å². The Balaban J connectivity index is 1.47. The van der Waals surface area contributed by atoms with E-state index in [0.717, 1.165) is 17.5 Å². The van der Waals surface area contributed by atoms with Crippen molar-refractivity contribution in [2.24, 2.45) is 0 Å². The lowest BCUT2D eigenvalue weighted by molar-refractivity contribution is 0.622. The van der Waals surface area contributed by atoms with E-state index in [1.807, 2.05) is 0 Å². The van der Waals surface area contributed by atoms with E-state index in [2.05, 4.69) is 97.1 Å². The first kappa shape index (κ1) is 17.9. The highest BCUT2D eigenvalue weighted by molar-refractivity contribution is 6.09. The van der Waals surface area contributed by atoms with Gasteiger partial charge in [0.05, 0.1) is 11.0 Å². The summed E-state index contributed by atoms with van der Waals surface area (Å²) >= 11 is 0. The average Bonchev–Trinajstić information content (AvgIpc) is 2.86. The Morgan fingerprint density at radius 2 is 1.38 bits per heavy atom. The Labute approximate surface area is 187 Å². The lowest BCUT2D eigenvalue weighted by Gasteiger charge is -2.28. The number of fused-ring (bicyclic) bond motifs is 7. The third-order valence-electron chi connectivity index (χ3n) is 7.34. The highest BCUT2D eigenvalue weighted by Gasteiger charge is 2.25. The van der Waals surface area contributed by atoms with E-state index < -0.39 is 0 Å². The molecule has 7 rings (SSSR count). The van der Waals surface area contributed by atoms with Crippen molar-refractivity contribution in [2.75, 3.05) is 0 Å². The molecule has 1 heterocycles. The van der Waals surface area contributed by atoms with E-state index in [9.17, 15) is 0 Å². The highest BCUT2D eigenvalue weighted by Crippen LogP contribution is 2.43. The van der Waals surface area contributed by atoms with Gasteiger partial charge in [0.1, 0.15) is 0 Å². The monoisotopic (exact) mass is 409 g/mol. The van der Waals surface area contributed by atoms with Gasteiger partial charge in [0, 0.05) is 16.7 Å². The van der Waals surface area contributed by atoms with E-state index in [1.165, 1.54) is 61.8 Å². The summed E-state index contributed by atoms with van der Waals surface area (Å²) < 4.78 is 0. The van der Waals surface area contributed by atoms with Crippen LogP contribution >= 0.6 is 0 Å². The summed E-state index contributed by atoms with van der Waals surface area (Å²) in [5.74, 6) is 0.418. The Bertz CT molecular complexity index is 1660. The van der Waals surface area contributed by atoms with Gasteiger partial charge in [-0.05, 0) is 75.7 Å². The zero-order valence-electron chi connectivity index (χ0n) is 17.9. The Morgan fingerprint density at radius 3 is 2.34 bits per heavy atom. The van der Waals surface area contributed by atoms with Gasteiger partial charge in [-0.15, -0.1) is 0 Å². The second kappa shape index (κ2) is 6.90. The topological polar surface area (TPSA) is 12.9 Å². The number of hydrogen-bond acceptors (Lipinski definition) is 1. The summed E-state index contributed by atoms with van der Waals surface area (Å²) in [6.45, 7) is 0. The van der Waals surface area contributed by atoms with Crippen LogP contribution < -0.4 is 0 Å². The van der Waals surface area contributed by atoms with Gasteiger partial charge in [-0.2, -0.15) is 0 Å². The fourth-order valence-electron chi connectivity index (χ4n) is 5.86. The molecule has 0 bridgehead atoms. The molecular weight excluding hydrogens is 386 g/mol. The van der Waals surface area contributed by atoms with Crippen molar-refractivity contribution < 1.29 is 0 Å². The second-order valence-corrected chi connectivity index (χ2v) is 9.05. The molecule has 0 amide bonds. The molecule has 1 aromatic heterocycles. The number of hydrogen-bond donors (Lipinski definition) is 0. The Hall–Kier alpha value is -3.71.